The number of hydrogen-bond donors (Lipinski definition) is 3. The fraction of sp³-hybridized carbons (Fsp3) is 0.733. The number of hydrogen-bond acceptors (Lipinski definition) is 4. The maximum Gasteiger partial charge on any atom is 0.330 e. The number of H-pyrrole nitrogens is 1. The standard InChI is InChI=1S/C15H28N4O2/c1-9(2)8-19-12(16)11(13(20)18-14(19)21)17-7-10(3)15(4,5)6/h9-10,17H,7-8,16H2,1-6H3,(H,18,20,21). The summed E-state index contributed by atoms with van der Waals surface area (Å²) < 4.78 is 1.41. The van der Waals surface area contributed by atoms with E-state index in [2.05, 4.69) is 38.0 Å². The van der Waals surface area contributed by atoms with Gasteiger partial charge in [-0.3, -0.25) is 14.3 Å². The molecular weight excluding hydrogens is 268 g/mol. The Labute approximate surface area is 125 Å². The normalized spacial score (nSPS) is 13.5. The third-order valence-corrected chi connectivity index (χ3v) is 3.85. The van der Waals surface area contributed by atoms with Crippen molar-refractivity contribution < 1.29 is 0 Å². The smallest absolute Gasteiger partial charge is 0.330 e. The van der Waals surface area contributed by atoms with E-state index in [-0.39, 0.29) is 22.8 Å². The molecule has 0 spiro atoms. The van der Waals surface area contributed by atoms with Crippen LogP contribution in [0.25, 0.3) is 0 Å². The summed E-state index contributed by atoms with van der Waals surface area (Å²) in [5.41, 5.74) is 5.50. The fourth-order valence-electron chi connectivity index (χ4n) is 1.87. The van der Waals surface area contributed by atoms with E-state index in [1.165, 1.54) is 4.57 Å². The lowest BCUT2D eigenvalue weighted by Crippen LogP contribution is -2.36. The molecule has 0 aliphatic heterocycles. The fourth-order valence-corrected chi connectivity index (χ4v) is 1.87. The van der Waals surface area contributed by atoms with Crippen LogP contribution < -0.4 is 22.3 Å². The quantitative estimate of drug-likeness (QED) is 0.773. The zero-order valence-electron chi connectivity index (χ0n) is 13.9. The molecule has 1 aromatic rings. The van der Waals surface area contributed by atoms with E-state index >= 15 is 0 Å². The first-order valence-corrected chi connectivity index (χ1v) is 7.40. The van der Waals surface area contributed by atoms with Crippen LogP contribution >= 0.6 is 0 Å². The van der Waals surface area contributed by atoms with Gasteiger partial charge in [0.2, 0.25) is 0 Å². The third-order valence-electron chi connectivity index (χ3n) is 3.85. The second kappa shape index (κ2) is 6.37. The minimum atomic E-state index is -0.460. The van der Waals surface area contributed by atoms with Crippen LogP contribution in [0.2, 0.25) is 0 Å². The summed E-state index contributed by atoms with van der Waals surface area (Å²) >= 11 is 0. The maximum absolute atomic E-state index is 11.9. The van der Waals surface area contributed by atoms with Gasteiger partial charge in [0.1, 0.15) is 11.5 Å². The van der Waals surface area contributed by atoms with Gasteiger partial charge >= 0.3 is 5.69 Å². The summed E-state index contributed by atoms with van der Waals surface area (Å²) in [6.45, 7) is 13.6. The summed E-state index contributed by atoms with van der Waals surface area (Å²) in [4.78, 5) is 26.1. The molecule has 120 valence electrons. The van der Waals surface area contributed by atoms with Gasteiger partial charge < -0.3 is 11.1 Å². The molecule has 0 saturated heterocycles. The highest BCUT2D eigenvalue weighted by atomic mass is 16.2. The molecule has 0 amide bonds. The summed E-state index contributed by atoms with van der Waals surface area (Å²) in [5, 5.41) is 3.10. The van der Waals surface area contributed by atoms with Crippen LogP contribution in [0.5, 0.6) is 0 Å². The number of nitrogens with one attached hydrogen (secondary N) is 2. The van der Waals surface area contributed by atoms with Gasteiger partial charge in [0.15, 0.2) is 0 Å². The highest BCUT2D eigenvalue weighted by Gasteiger charge is 2.21. The predicted molar refractivity (Wildman–Crippen MR) is 87.7 cm³/mol. The molecule has 0 fully saturated rings. The van der Waals surface area contributed by atoms with Crippen LogP contribution in [0, 0.1) is 17.3 Å². The Morgan fingerprint density at radius 3 is 2.29 bits per heavy atom. The highest BCUT2D eigenvalue weighted by Crippen LogP contribution is 2.25. The van der Waals surface area contributed by atoms with E-state index in [1.54, 1.807) is 0 Å². The van der Waals surface area contributed by atoms with Crippen LogP contribution in [0.4, 0.5) is 11.5 Å². The predicted octanol–water partition coefficient (Wildman–Crippen LogP) is 1.87. The number of aromatic amines is 1. The largest absolute Gasteiger partial charge is 0.383 e. The number of nitrogens with two attached hydrogens (primary N) is 1. The molecule has 21 heavy (non-hydrogen) atoms. The average Bonchev–Trinajstić information content (AvgIpc) is 2.32. The maximum atomic E-state index is 11.9. The lowest BCUT2D eigenvalue weighted by molar-refractivity contribution is 0.274. The molecule has 0 aliphatic carbocycles. The summed E-state index contributed by atoms with van der Waals surface area (Å²) in [6.07, 6.45) is 0. The van der Waals surface area contributed by atoms with Gasteiger partial charge in [-0.15, -0.1) is 0 Å². The van der Waals surface area contributed by atoms with Crippen LogP contribution in [-0.4, -0.2) is 16.1 Å². The molecule has 0 bridgehead atoms. The first-order valence-electron chi connectivity index (χ1n) is 7.40. The molecule has 0 saturated carbocycles. The average molecular weight is 296 g/mol. The summed E-state index contributed by atoms with van der Waals surface area (Å²) in [6, 6.07) is 0. The molecular formula is C15H28N4O2. The first-order chi connectivity index (χ1) is 9.54. The Kier molecular flexibility index (Phi) is 5.25. The van der Waals surface area contributed by atoms with Crippen LogP contribution in [0.3, 0.4) is 0 Å². The second-order valence-electron chi connectivity index (χ2n) is 7.17. The zero-order chi connectivity index (χ0) is 16.4. The van der Waals surface area contributed by atoms with E-state index in [0.29, 0.717) is 19.0 Å². The van der Waals surface area contributed by atoms with Crippen LogP contribution in [-0.2, 0) is 6.54 Å². The number of nitrogen functional groups attached to an aromatic ring is 1. The molecule has 0 aliphatic rings. The van der Waals surface area contributed by atoms with Crippen molar-refractivity contribution in [3.63, 3.8) is 0 Å². The van der Waals surface area contributed by atoms with Gasteiger partial charge in [0.05, 0.1) is 0 Å². The molecule has 0 aromatic carbocycles. The molecule has 1 rings (SSSR count). The second-order valence-corrected chi connectivity index (χ2v) is 7.17. The van der Waals surface area contributed by atoms with Crippen LogP contribution in [0.15, 0.2) is 9.59 Å². The number of rotatable bonds is 5. The van der Waals surface area contributed by atoms with Gasteiger partial charge in [-0.05, 0) is 17.3 Å². The zero-order valence-corrected chi connectivity index (χ0v) is 13.9. The van der Waals surface area contributed by atoms with E-state index in [1.807, 2.05) is 13.8 Å². The number of aromatic nitrogens is 2. The summed E-state index contributed by atoms with van der Waals surface area (Å²) in [5.74, 6) is 0.817. The van der Waals surface area contributed by atoms with Gasteiger partial charge in [-0.1, -0.05) is 41.5 Å². The lowest BCUT2D eigenvalue weighted by Gasteiger charge is -2.28. The Hall–Kier alpha value is -1.72. The molecule has 6 nitrogen and oxygen atoms in total. The number of anilines is 2. The monoisotopic (exact) mass is 296 g/mol. The molecule has 1 unspecified atom stereocenters. The van der Waals surface area contributed by atoms with Crippen molar-refractivity contribution in [2.75, 3.05) is 17.6 Å². The van der Waals surface area contributed by atoms with Gasteiger partial charge in [-0.25, -0.2) is 4.79 Å². The topological polar surface area (TPSA) is 92.9 Å². The Balaban J connectivity index is 3.08. The molecule has 0 radical (unpaired) electrons. The molecule has 6 heteroatoms. The van der Waals surface area contributed by atoms with E-state index in [0.717, 1.165) is 0 Å². The van der Waals surface area contributed by atoms with Crippen molar-refractivity contribution in [1.82, 2.24) is 9.55 Å². The van der Waals surface area contributed by atoms with Crippen molar-refractivity contribution in [1.29, 1.82) is 0 Å². The summed E-state index contributed by atoms with van der Waals surface area (Å²) in [7, 11) is 0. The third kappa shape index (κ3) is 4.37. The molecule has 1 atom stereocenters. The van der Waals surface area contributed by atoms with Gasteiger partial charge in [-0.2, -0.15) is 0 Å². The molecule has 1 heterocycles. The lowest BCUT2D eigenvalue weighted by atomic mass is 9.82. The van der Waals surface area contributed by atoms with Gasteiger partial charge in [0, 0.05) is 13.1 Å². The van der Waals surface area contributed by atoms with Crippen LogP contribution in [0.1, 0.15) is 41.5 Å². The SMILES string of the molecule is CC(C)Cn1c(N)c(NCC(C)C(C)(C)C)c(=O)[nH]c1=O. The van der Waals surface area contributed by atoms with Gasteiger partial charge in [0.25, 0.3) is 5.56 Å². The first kappa shape index (κ1) is 17.3. The highest BCUT2D eigenvalue weighted by molar-refractivity contribution is 5.60. The van der Waals surface area contributed by atoms with Crippen molar-refractivity contribution >= 4 is 11.5 Å². The van der Waals surface area contributed by atoms with E-state index in [4.69, 9.17) is 5.73 Å². The van der Waals surface area contributed by atoms with Crippen molar-refractivity contribution in [3.05, 3.63) is 20.8 Å². The minimum Gasteiger partial charge on any atom is -0.383 e. The minimum absolute atomic E-state index is 0.126. The Bertz CT molecular complexity index is 593. The van der Waals surface area contributed by atoms with Crippen molar-refractivity contribution in [3.8, 4) is 0 Å². The van der Waals surface area contributed by atoms with E-state index in [9.17, 15) is 9.59 Å². The Morgan fingerprint density at radius 2 is 1.81 bits per heavy atom. The van der Waals surface area contributed by atoms with E-state index < -0.39 is 11.2 Å². The van der Waals surface area contributed by atoms with Crippen molar-refractivity contribution in [2.24, 2.45) is 17.3 Å². The van der Waals surface area contributed by atoms with Crippen molar-refractivity contribution in [2.45, 2.75) is 48.1 Å². The Morgan fingerprint density at radius 1 is 1.24 bits per heavy atom. The molecule has 1 aromatic heterocycles. The number of nitrogens with zero attached hydrogens (tertiary/aromatic N) is 1. The molecule has 4 N–H and O–H groups in total.